The van der Waals surface area contributed by atoms with Crippen LogP contribution in [0.25, 0.3) is 0 Å². The largest absolute Gasteiger partial charge is 0.506 e. The van der Waals surface area contributed by atoms with E-state index in [1.165, 1.54) is 0 Å². The predicted molar refractivity (Wildman–Crippen MR) is 86.8 cm³/mol. The minimum Gasteiger partial charge on any atom is -0.506 e. The second-order valence-electron chi connectivity index (χ2n) is 5.54. The van der Waals surface area contributed by atoms with E-state index in [2.05, 4.69) is 17.2 Å². The normalized spacial score (nSPS) is 12.2. The summed E-state index contributed by atoms with van der Waals surface area (Å²) in [7, 11) is 0. The second-order valence-corrected chi connectivity index (χ2v) is 5.54. The number of aromatic hydroxyl groups is 1. The van der Waals surface area contributed by atoms with Crippen molar-refractivity contribution in [2.75, 3.05) is 6.61 Å². The predicted octanol–water partition coefficient (Wildman–Crippen LogP) is 3.01. The Morgan fingerprint density at radius 3 is 2.73 bits per heavy atom. The molecule has 0 aromatic carbocycles. The van der Waals surface area contributed by atoms with Crippen LogP contribution in [0.1, 0.15) is 56.4 Å². The summed E-state index contributed by atoms with van der Waals surface area (Å²) in [4.78, 5) is 16.2. The lowest BCUT2D eigenvalue weighted by molar-refractivity contribution is -0.145. The summed E-state index contributed by atoms with van der Waals surface area (Å²) in [6, 6.07) is -0.334. The van der Waals surface area contributed by atoms with Gasteiger partial charge in [0.05, 0.1) is 12.3 Å². The van der Waals surface area contributed by atoms with Gasteiger partial charge in [0.1, 0.15) is 11.8 Å². The molecule has 1 atom stereocenters. The first-order valence-corrected chi connectivity index (χ1v) is 8.05. The average molecular weight is 308 g/mol. The number of ether oxygens (including phenoxy) is 1. The number of carbonyl (C=O) groups excluding carboxylic acids is 1. The van der Waals surface area contributed by atoms with Crippen molar-refractivity contribution >= 4 is 5.97 Å². The van der Waals surface area contributed by atoms with Gasteiger partial charge in [0.25, 0.3) is 0 Å². The Labute approximate surface area is 133 Å². The zero-order valence-electron chi connectivity index (χ0n) is 14.1. The minimum absolute atomic E-state index is 0.198. The monoisotopic (exact) mass is 308 g/mol. The summed E-state index contributed by atoms with van der Waals surface area (Å²) in [6.45, 7) is 8.42. The van der Waals surface area contributed by atoms with Crippen molar-refractivity contribution < 1.29 is 14.6 Å². The van der Waals surface area contributed by atoms with Gasteiger partial charge in [-0.25, -0.2) is 0 Å². The summed E-state index contributed by atoms with van der Waals surface area (Å²) in [5.74, 6) is -0.0230. The Balaban J connectivity index is 2.73. The van der Waals surface area contributed by atoms with Crippen LogP contribution in [0.2, 0.25) is 0 Å². The summed E-state index contributed by atoms with van der Waals surface area (Å²) in [5.41, 5.74) is 2.30. The molecule has 0 fully saturated rings. The molecule has 1 unspecified atom stereocenters. The number of carbonyl (C=O) groups is 1. The molecule has 0 radical (unpaired) electrons. The van der Waals surface area contributed by atoms with Gasteiger partial charge in [-0.15, -0.1) is 0 Å². The van der Waals surface area contributed by atoms with Crippen molar-refractivity contribution in [3.05, 3.63) is 23.0 Å². The van der Waals surface area contributed by atoms with Gasteiger partial charge in [0, 0.05) is 18.3 Å². The molecule has 0 aliphatic rings. The van der Waals surface area contributed by atoms with Gasteiger partial charge in [-0.05, 0) is 32.8 Å². The number of pyridine rings is 1. The fourth-order valence-electron chi connectivity index (χ4n) is 2.33. The zero-order chi connectivity index (χ0) is 16.5. The third-order valence-electron chi connectivity index (χ3n) is 3.75. The third-order valence-corrected chi connectivity index (χ3v) is 3.75. The first kappa shape index (κ1) is 18.4. The number of aromatic nitrogens is 1. The number of aryl methyl sites for hydroxylation is 2. The maximum Gasteiger partial charge on any atom is 0.323 e. The molecule has 0 aliphatic carbocycles. The molecule has 0 amide bonds. The van der Waals surface area contributed by atoms with E-state index in [1.54, 1.807) is 13.1 Å². The van der Waals surface area contributed by atoms with Crippen LogP contribution in [-0.4, -0.2) is 28.7 Å². The van der Waals surface area contributed by atoms with Crippen molar-refractivity contribution in [3.8, 4) is 5.75 Å². The highest BCUT2D eigenvalue weighted by Gasteiger charge is 2.20. The van der Waals surface area contributed by atoms with Gasteiger partial charge in [-0.3, -0.25) is 9.78 Å². The van der Waals surface area contributed by atoms with Crippen LogP contribution in [0.4, 0.5) is 0 Å². The highest BCUT2D eigenvalue weighted by Crippen LogP contribution is 2.23. The molecule has 22 heavy (non-hydrogen) atoms. The van der Waals surface area contributed by atoms with Gasteiger partial charge in [-0.2, -0.15) is 0 Å². The minimum atomic E-state index is -0.334. The van der Waals surface area contributed by atoms with Crippen molar-refractivity contribution in [1.82, 2.24) is 10.3 Å². The number of esters is 1. The second kappa shape index (κ2) is 9.41. The molecule has 0 spiro atoms. The van der Waals surface area contributed by atoms with E-state index in [0.717, 1.165) is 36.8 Å². The smallest absolute Gasteiger partial charge is 0.323 e. The Morgan fingerprint density at radius 1 is 1.36 bits per heavy atom. The van der Waals surface area contributed by atoms with Gasteiger partial charge < -0.3 is 15.2 Å². The summed E-state index contributed by atoms with van der Waals surface area (Å²) in [5, 5.41) is 13.4. The third kappa shape index (κ3) is 5.30. The lowest BCUT2D eigenvalue weighted by atomic mass is 10.1. The number of hydrogen-bond acceptors (Lipinski definition) is 5. The van der Waals surface area contributed by atoms with Crippen LogP contribution >= 0.6 is 0 Å². The van der Waals surface area contributed by atoms with Crippen molar-refractivity contribution in [2.24, 2.45) is 0 Å². The fourth-order valence-corrected chi connectivity index (χ4v) is 2.33. The standard InChI is InChI=1S/C17H28N2O3/c1-5-7-8-9-15(17(21)22-6-2)19-11-14-12(3)10-18-13(4)16(14)20/h10,15,19-20H,5-9,11H2,1-4H3. The number of nitrogens with one attached hydrogen (secondary N) is 1. The van der Waals surface area contributed by atoms with E-state index in [4.69, 9.17) is 4.74 Å². The molecule has 0 aliphatic heterocycles. The first-order chi connectivity index (χ1) is 10.5. The Bertz CT molecular complexity index is 489. The molecule has 124 valence electrons. The molecule has 2 N–H and O–H groups in total. The average Bonchev–Trinajstić information content (AvgIpc) is 2.49. The van der Waals surface area contributed by atoms with Crippen LogP contribution in [0.15, 0.2) is 6.20 Å². The van der Waals surface area contributed by atoms with E-state index in [-0.39, 0.29) is 17.8 Å². The Hall–Kier alpha value is -1.62. The summed E-state index contributed by atoms with van der Waals surface area (Å²) < 4.78 is 5.13. The summed E-state index contributed by atoms with van der Waals surface area (Å²) >= 11 is 0. The van der Waals surface area contributed by atoms with E-state index >= 15 is 0 Å². The van der Waals surface area contributed by atoms with E-state index in [1.807, 2.05) is 13.8 Å². The quantitative estimate of drug-likeness (QED) is 0.542. The Kier molecular flexibility index (Phi) is 7.88. The number of nitrogens with zero attached hydrogens (tertiary/aromatic N) is 1. The molecule has 5 nitrogen and oxygen atoms in total. The number of hydrogen-bond donors (Lipinski definition) is 2. The number of rotatable bonds is 9. The maximum absolute atomic E-state index is 12.0. The van der Waals surface area contributed by atoms with Gasteiger partial charge in [-0.1, -0.05) is 26.2 Å². The molecule has 5 heteroatoms. The molecule has 0 saturated heterocycles. The first-order valence-electron chi connectivity index (χ1n) is 8.05. The highest BCUT2D eigenvalue weighted by atomic mass is 16.5. The molecule has 1 aromatic heterocycles. The van der Waals surface area contributed by atoms with Crippen molar-refractivity contribution in [3.63, 3.8) is 0 Å². The maximum atomic E-state index is 12.0. The zero-order valence-corrected chi connectivity index (χ0v) is 14.1. The topological polar surface area (TPSA) is 71.5 Å². The molecule has 0 bridgehead atoms. The van der Waals surface area contributed by atoms with Crippen molar-refractivity contribution in [2.45, 2.75) is 66.0 Å². The highest BCUT2D eigenvalue weighted by molar-refractivity contribution is 5.75. The summed E-state index contributed by atoms with van der Waals surface area (Å²) in [6.07, 6.45) is 5.67. The van der Waals surface area contributed by atoms with Crippen LogP contribution < -0.4 is 5.32 Å². The molecule has 0 saturated carbocycles. The molecule has 1 heterocycles. The molecular formula is C17H28N2O3. The Morgan fingerprint density at radius 2 is 2.09 bits per heavy atom. The molecular weight excluding hydrogens is 280 g/mol. The van der Waals surface area contributed by atoms with E-state index < -0.39 is 0 Å². The van der Waals surface area contributed by atoms with Crippen LogP contribution in [-0.2, 0) is 16.1 Å². The lowest BCUT2D eigenvalue weighted by Crippen LogP contribution is -2.37. The van der Waals surface area contributed by atoms with Gasteiger partial charge in [0.15, 0.2) is 0 Å². The van der Waals surface area contributed by atoms with Crippen molar-refractivity contribution in [1.29, 1.82) is 0 Å². The van der Waals surface area contributed by atoms with Crippen LogP contribution in [0.3, 0.4) is 0 Å². The molecule has 1 rings (SSSR count). The fraction of sp³-hybridized carbons (Fsp3) is 0.647. The van der Waals surface area contributed by atoms with E-state index in [0.29, 0.717) is 18.8 Å². The lowest BCUT2D eigenvalue weighted by Gasteiger charge is -2.18. The number of unbranched alkanes of at least 4 members (excludes halogenated alkanes) is 2. The molecule has 1 aromatic rings. The van der Waals surface area contributed by atoms with Crippen LogP contribution in [0.5, 0.6) is 5.75 Å². The van der Waals surface area contributed by atoms with Crippen LogP contribution in [0, 0.1) is 13.8 Å². The SMILES string of the molecule is CCCCCC(NCc1c(C)cnc(C)c1O)C(=O)OCC. The van der Waals surface area contributed by atoms with Gasteiger partial charge >= 0.3 is 5.97 Å². The van der Waals surface area contributed by atoms with E-state index in [9.17, 15) is 9.90 Å². The van der Waals surface area contributed by atoms with Gasteiger partial charge in [0.2, 0.25) is 0 Å².